The van der Waals surface area contributed by atoms with Crippen molar-refractivity contribution in [2.45, 2.75) is 38.7 Å². The summed E-state index contributed by atoms with van der Waals surface area (Å²) in [5, 5.41) is 17.5. The molecule has 0 fully saturated rings. The molecule has 0 radical (unpaired) electrons. The lowest BCUT2D eigenvalue weighted by Crippen LogP contribution is -2.19. The molecule has 0 atom stereocenters. The van der Waals surface area contributed by atoms with Crippen molar-refractivity contribution in [3.8, 4) is 0 Å². The van der Waals surface area contributed by atoms with Crippen molar-refractivity contribution in [3.05, 3.63) is 106 Å². The van der Waals surface area contributed by atoms with E-state index in [1.807, 2.05) is 30.3 Å². The monoisotopic (exact) mass is 540 g/mol. The Morgan fingerprint density at radius 1 is 1.08 bits per heavy atom. The number of nitrogens with one attached hydrogen (secondary N) is 2. The van der Waals surface area contributed by atoms with E-state index < -0.39 is 10.9 Å². The van der Waals surface area contributed by atoms with Gasteiger partial charge in [0.15, 0.2) is 0 Å². The van der Waals surface area contributed by atoms with Crippen LogP contribution >= 0.6 is 11.8 Å². The van der Waals surface area contributed by atoms with Crippen LogP contribution in [0.1, 0.15) is 32.8 Å². The van der Waals surface area contributed by atoms with E-state index in [9.17, 15) is 19.3 Å². The quantitative estimate of drug-likeness (QED) is 0.0614. The molecule has 3 rings (SSSR count). The fraction of sp³-hybridized carbons (Fsp3) is 0.250. The summed E-state index contributed by atoms with van der Waals surface area (Å²) < 4.78 is 18.3. The smallest absolute Gasteiger partial charge is 0.356 e. The molecule has 0 aromatic heterocycles. The van der Waals surface area contributed by atoms with E-state index in [2.05, 4.69) is 24.5 Å². The van der Waals surface area contributed by atoms with Gasteiger partial charge in [-0.15, -0.1) is 11.8 Å². The van der Waals surface area contributed by atoms with Gasteiger partial charge in [0.25, 0.3) is 5.69 Å². The van der Waals surface area contributed by atoms with Crippen molar-refractivity contribution in [2.24, 2.45) is 5.73 Å². The Kier molecular flexibility index (Phi) is 12.7. The predicted molar refractivity (Wildman–Crippen MR) is 151 cm³/mol. The molecule has 8 nitrogen and oxygen atoms in total. The second kappa shape index (κ2) is 15.9. The van der Waals surface area contributed by atoms with Gasteiger partial charge in [-0.1, -0.05) is 44.5 Å². The molecular formula is C28H33FN4O4S. The van der Waals surface area contributed by atoms with Crippen LogP contribution in [0.3, 0.4) is 0 Å². The number of carbonyl (C=O) groups is 1. The van der Waals surface area contributed by atoms with Gasteiger partial charge in [0.05, 0.1) is 4.92 Å². The number of allylic oxidation sites excluding steroid dienone is 1. The Bertz CT molecular complexity index is 1220. The zero-order valence-electron chi connectivity index (χ0n) is 21.7. The van der Waals surface area contributed by atoms with Crippen molar-refractivity contribution in [3.63, 3.8) is 0 Å². The normalized spacial score (nSPS) is 10.9. The minimum atomic E-state index is -0.778. The molecule has 3 aromatic carbocycles. The lowest BCUT2D eigenvalue weighted by Gasteiger charge is -2.12. The zero-order chi connectivity index (χ0) is 27.9. The van der Waals surface area contributed by atoms with Gasteiger partial charge < -0.3 is 21.1 Å². The van der Waals surface area contributed by atoms with Gasteiger partial charge in [-0.3, -0.25) is 10.1 Å². The number of carbonyl (C=O) groups excluding carboxylic acids is 1. The highest BCUT2D eigenvalue weighted by molar-refractivity contribution is 7.99. The van der Waals surface area contributed by atoms with Crippen molar-refractivity contribution >= 4 is 34.8 Å². The Morgan fingerprint density at radius 2 is 1.74 bits per heavy atom. The number of halogens is 1. The summed E-state index contributed by atoms with van der Waals surface area (Å²) in [5.74, 6) is -0.428. The van der Waals surface area contributed by atoms with Crippen molar-refractivity contribution in [2.75, 3.05) is 22.9 Å². The molecule has 0 aliphatic carbocycles. The summed E-state index contributed by atoms with van der Waals surface area (Å²) in [4.78, 5) is 24.5. The number of nitrogens with zero attached hydrogens (tertiary/aromatic N) is 1. The Hall–Kier alpha value is -4.05. The third kappa shape index (κ3) is 10.1. The molecule has 0 amide bonds. The van der Waals surface area contributed by atoms with Crippen molar-refractivity contribution < 1.29 is 18.8 Å². The number of anilines is 2. The van der Waals surface area contributed by atoms with Crippen LogP contribution < -0.4 is 16.4 Å². The summed E-state index contributed by atoms with van der Waals surface area (Å²) >= 11 is 1.65. The molecule has 0 spiro atoms. The van der Waals surface area contributed by atoms with E-state index in [4.69, 9.17) is 10.5 Å². The van der Waals surface area contributed by atoms with E-state index in [0.29, 0.717) is 29.2 Å². The number of nitro benzene ring substituents is 1. The van der Waals surface area contributed by atoms with E-state index in [1.54, 1.807) is 30.8 Å². The van der Waals surface area contributed by atoms with Gasteiger partial charge >= 0.3 is 5.97 Å². The van der Waals surface area contributed by atoms with Crippen LogP contribution in [0.15, 0.2) is 89.1 Å². The number of rotatable bonds is 11. The van der Waals surface area contributed by atoms with Crippen molar-refractivity contribution in [1.82, 2.24) is 0 Å². The third-order valence-electron chi connectivity index (χ3n) is 4.86. The first-order chi connectivity index (χ1) is 18.2. The standard InChI is InChI=1S/C25H25FN4O4S.C3H8/c1-17(29-20-10-8-19(26)9-11-20)24(27)25(31)34-16-18-7-12-22(23(15-18)30(32)33)28-13-14-35-21-5-3-2-4-6-21;1-3-2/h2-12,15,28-29H,13-14,16,27H2,1H3;3H2,1-2H3/b24-17-;. The first-order valence-corrected chi connectivity index (χ1v) is 13.1. The summed E-state index contributed by atoms with van der Waals surface area (Å²) in [6, 6.07) is 20.0. The average Bonchev–Trinajstić information content (AvgIpc) is 2.91. The summed E-state index contributed by atoms with van der Waals surface area (Å²) in [5.41, 5.74) is 7.32. The largest absolute Gasteiger partial charge is 0.456 e. The summed E-state index contributed by atoms with van der Waals surface area (Å²) in [6.07, 6.45) is 1.25. The SMILES string of the molecule is C/C(Nc1ccc(F)cc1)=C(/N)C(=O)OCc1ccc(NCCSc2ccccc2)c([N+](=O)[O-])c1.CCC. The molecule has 0 aliphatic rings. The highest BCUT2D eigenvalue weighted by atomic mass is 32.2. The first kappa shape index (κ1) is 30.2. The lowest BCUT2D eigenvalue weighted by atomic mass is 10.2. The molecule has 38 heavy (non-hydrogen) atoms. The summed E-state index contributed by atoms with van der Waals surface area (Å²) in [7, 11) is 0. The van der Waals surface area contributed by atoms with E-state index >= 15 is 0 Å². The maximum absolute atomic E-state index is 13.0. The van der Waals surface area contributed by atoms with Crippen LogP contribution in [-0.2, 0) is 16.1 Å². The van der Waals surface area contributed by atoms with Gasteiger partial charge in [0, 0.05) is 34.6 Å². The molecule has 0 unspecified atom stereocenters. The molecule has 3 aromatic rings. The highest BCUT2D eigenvalue weighted by Gasteiger charge is 2.16. The molecule has 0 aliphatic heterocycles. The highest BCUT2D eigenvalue weighted by Crippen LogP contribution is 2.26. The van der Waals surface area contributed by atoms with Gasteiger partial charge in [-0.25, -0.2) is 9.18 Å². The van der Waals surface area contributed by atoms with E-state index in [0.717, 1.165) is 10.6 Å². The average molecular weight is 541 g/mol. The topological polar surface area (TPSA) is 120 Å². The maximum atomic E-state index is 13.0. The summed E-state index contributed by atoms with van der Waals surface area (Å²) in [6.45, 7) is 6.19. The first-order valence-electron chi connectivity index (χ1n) is 12.1. The molecule has 0 saturated carbocycles. The lowest BCUT2D eigenvalue weighted by molar-refractivity contribution is -0.384. The Labute approximate surface area is 226 Å². The Balaban J connectivity index is 0.00000161. The van der Waals surface area contributed by atoms with Gasteiger partial charge in [0.2, 0.25) is 0 Å². The second-order valence-corrected chi connectivity index (χ2v) is 9.32. The van der Waals surface area contributed by atoms with Crippen LogP contribution in [0.25, 0.3) is 0 Å². The number of nitrogens with two attached hydrogens (primary N) is 1. The number of hydrogen-bond acceptors (Lipinski definition) is 8. The molecule has 10 heteroatoms. The zero-order valence-corrected chi connectivity index (χ0v) is 22.5. The van der Waals surface area contributed by atoms with E-state index in [1.165, 1.54) is 36.8 Å². The number of ether oxygens (including phenoxy) is 1. The van der Waals surface area contributed by atoms with Crippen LogP contribution in [0.2, 0.25) is 0 Å². The van der Waals surface area contributed by atoms with Gasteiger partial charge in [-0.05, 0) is 55.0 Å². The molecule has 0 heterocycles. The van der Waals surface area contributed by atoms with Crippen LogP contribution in [-0.4, -0.2) is 23.2 Å². The number of benzene rings is 3. The number of nitro groups is 1. The molecule has 0 bridgehead atoms. The number of thioether (sulfide) groups is 1. The predicted octanol–water partition coefficient (Wildman–Crippen LogP) is 6.70. The van der Waals surface area contributed by atoms with Crippen LogP contribution in [0.4, 0.5) is 21.5 Å². The van der Waals surface area contributed by atoms with Crippen LogP contribution in [0.5, 0.6) is 0 Å². The van der Waals surface area contributed by atoms with Gasteiger partial charge in [0.1, 0.15) is 23.8 Å². The van der Waals surface area contributed by atoms with E-state index in [-0.39, 0.29) is 23.8 Å². The number of esters is 1. The molecule has 4 N–H and O–H groups in total. The fourth-order valence-electron chi connectivity index (χ4n) is 3.04. The second-order valence-electron chi connectivity index (χ2n) is 8.15. The molecular weight excluding hydrogens is 507 g/mol. The van der Waals surface area contributed by atoms with Gasteiger partial charge in [-0.2, -0.15) is 0 Å². The molecule has 202 valence electrons. The molecule has 0 saturated heterocycles. The maximum Gasteiger partial charge on any atom is 0.356 e. The van der Waals surface area contributed by atoms with Crippen LogP contribution in [0, 0.1) is 15.9 Å². The minimum absolute atomic E-state index is 0.110. The number of hydrogen-bond donors (Lipinski definition) is 3. The van der Waals surface area contributed by atoms with Crippen molar-refractivity contribution in [1.29, 1.82) is 0 Å². The Morgan fingerprint density at radius 3 is 2.37 bits per heavy atom. The fourth-order valence-corrected chi connectivity index (χ4v) is 3.83. The third-order valence-corrected chi connectivity index (χ3v) is 5.87. The minimum Gasteiger partial charge on any atom is -0.456 e.